The van der Waals surface area contributed by atoms with Crippen molar-refractivity contribution >= 4 is 33.8 Å². The number of nitrogen functional groups attached to an aromatic ring is 1. The molecule has 0 atom stereocenters. The van der Waals surface area contributed by atoms with Crippen LogP contribution in [-0.2, 0) is 0 Å². The molecule has 26 heavy (non-hydrogen) atoms. The van der Waals surface area contributed by atoms with E-state index in [9.17, 15) is 9.18 Å². The van der Waals surface area contributed by atoms with E-state index in [2.05, 4.69) is 15.5 Å². The average Bonchev–Trinajstić information content (AvgIpc) is 3.05. The molecule has 3 aromatic rings. The lowest BCUT2D eigenvalue weighted by atomic mass is 9.98. The summed E-state index contributed by atoms with van der Waals surface area (Å²) in [5, 5.41) is 11.0. The molecule has 6 heteroatoms. The predicted octanol–water partition coefficient (Wildman–Crippen LogP) is 4.43. The summed E-state index contributed by atoms with van der Waals surface area (Å²) in [6.45, 7) is 0. The maximum atomic E-state index is 13.2. The number of hydrogen-bond acceptors (Lipinski definition) is 3. The highest BCUT2D eigenvalue weighted by Crippen LogP contribution is 2.31. The quantitative estimate of drug-likeness (QED) is 0.612. The second-order valence-electron chi connectivity index (χ2n) is 6.22. The van der Waals surface area contributed by atoms with E-state index < -0.39 is 0 Å². The molecule has 130 valence electrons. The molecule has 0 saturated carbocycles. The first-order valence-electron chi connectivity index (χ1n) is 8.31. The van der Waals surface area contributed by atoms with Gasteiger partial charge in [-0.2, -0.15) is 5.10 Å². The van der Waals surface area contributed by atoms with Crippen LogP contribution in [0.1, 0.15) is 28.9 Å². The number of nitrogens with zero attached hydrogens (tertiary/aromatic N) is 1. The zero-order valence-electron chi connectivity index (χ0n) is 13.9. The second-order valence-corrected chi connectivity index (χ2v) is 6.22. The number of amides is 1. The van der Waals surface area contributed by atoms with E-state index in [0.717, 1.165) is 22.2 Å². The van der Waals surface area contributed by atoms with Crippen LogP contribution in [0.4, 0.5) is 15.8 Å². The van der Waals surface area contributed by atoms with Gasteiger partial charge in [0.1, 0.15) is 5.83 Å². The van der Waals surface area contributed by atoms with E-state index in [1.54, 1.807) is 42.5 Å². The number of carbonyl (C=O) groups excluding carboxylic acids is 1. The molecule has 0 saturated heterocycles. The molecule has 1 heterocycles. The summed E-state index contributed by atoms with van der Waals surface area (Å²) >= 11 is 0. The molecule has 1 amide bonds. The monoisotopic (exact) mass is 348 g/mol. The second kappa shape index (κ2) is 6.48. The van der Waals surface area contributed by atoms with Crippen LogP contribution in [0.2, 0.25) is 0 Å². The molecule has 0 unspecified atom stereocenters. The largest absolute Gasteiger partial charge is 0.399 e. The number of hydrogen-bond donors (Lipinski definition) is 3. The summed E-state index contributed by atoms with van der Waals surface area (Å²) in [5.41, 5.74) is 10.0. The normalized spacial score (nSPS) is 14.0. The maximum Gasteiger partial charge on any atom is 0.255 e. The van der Waals surface area contributed by atoms with Crippen LogP contribution in [0.3, 0.4) is 0 Å². The van der Waals surface area contributed by atoms with Gasteiger partial charge in [0.05, 0.1) is 11.2 Å². The molecule has 0 aliphatic heterocycles. The van der Waals surface area contributed by atoms with Gasteiger partial charge in [-0.3, -0.25) is 9.89 Å². The topological polar surface area (TPSA) is 83.8 Å². The van der Waals surface area contributed by atoms with Crippen LogP contribution < -0.4 is 11.1 Å². The predicted molar refractivity (Wildman–Crippen MR) is 101 cm³/mol. The Labute approximate surface area is 149 Å². The molecule has 4 rings (SSSR count). The molecule has 0 spiro atoms. The van der Waals surface area contributed by atoms with Gasteiger partial charge in [0.25, 0.3) is 5.91 Å². The highest BCUT2D eigenvalue weighted by Gasteiger charge is 2.16. The maximum absolute atomic E-state index is 13.2. The SMILES string of the molecule is Nc1cccc(NC(=O)c2ccc3[nH]nc(C4=CC=C(F)CC4)c3c2)c1. The van der Waals surface area contributed by atoms with Crippen LogP contribution in [-0.4, -0.2) is 16.1 Å². The zero-order chi connectivity index (χ0) is 18.1. The van der Waals surface area contributed by atoms with E-state index in [0.29, 0.717) is 29.8 Å². The summed E-state index contributed by atoms with van der Waals surface area (Å²) in [4.78, 5) is 12.6. The van der Waals surface area contributed by atoms with Crippen LogP contribution in [0.15, 0.2) is 60.4 Å². The minimum Gasteiger partial charge on any atom is -0.399 e. The van der Waals surface area contributed by atoms with Crippen molar-refractivity contribution in [3.63, 3.8) is 0 Å². The zero-order valence-corrected chi connectivity index (χ0v) is 13.9. The summed E-state index contributed by atoms with van der Waals surface area (Å²) in [6.07, 6.45) is 4.17. The van der Waals surface area contributed by atoms with Crippen molar-refractivity contribution in [2.24, 2.45) is 0 Å². The number of carbonyl (C=O) groups is 1. The molecular weight excluding hydrogens is 331 g/mol. The van der Waals surface area contributed by atoms with Crippen LogP contribution in [0, 0.1) is 0 Å². The van der Waals surface area contributed by atoms with Gasteiger partial charge >= 0.3 is 0 Å². The molecule has 0 fully saturated rings. The fourth-order valence-corrected chi connectivity index (χ4v) is 3.03. The highest BCUT2D eigenvalue weighted by atomic mass is 19.1. The molecule has 1 aliphatic rings. The van der Waals surface area contributed by atoms with Gasteiger partial charge in [-0.25, -0.2) is 4.39 Å². The molecule has 0 radical (unpaired) electrons. The van der Waals surface area contributed by atoms with Gasteiger partial charge < -0.3 is 11.1 Å². The third-order valence-electron chi connectivity index (χ3n) is 4.37. The van der Waals surface area contributed by atoms with Crippen molar-refractivity contribution in [1.29, 1.82) is 0 Å². The van der Waals surface area contributed by atoms with E-state index >= 15 is 0 Å². The minimum atomic E-state index is -0.229. The fraction of sp³-hybridized carbons (Fsp3) is 0.100. The van der Waals surface area contributed by atoms with E-state index in [1.807, 2.05) is 6.07 Å². The van der Waals surface area contributed by atoms with E-state index in [-0.39, 0.29) is 11.7 Å². The third kappa shape index (κ3) is 3.09. The molecule has 5 nitrogen and oxygen atoms in total. The highest BCUT2D eigenvalue weighted by molar-refractivity contribution is 6.07. The smallest absolute Gasteiger partial charge is 0.255 e. The molecule has 2 aromatic carbocycles. The van der Waals surface area contributed by atoms with E-state index in [4.69, 9.17) is 5.73 Å². The minimum absolute atomic E-state index is 0.129. The number of fused-ring (bicyclic) bond motifs is 1. The number of anilines is 2. The third-order valence-corrected chi connectivity index (χ3v) is 4.37. The lowest BCUT2D eigenvalue weighted by Crippen LogP contribution is -2.11. The average molecular weight is 348 g/mol. The van der Waals surface area contributed by atoms with Crippen molar-refractivity contribution < 1.29 is 9.18 Å². The lowest BCUT2D eigenvalue weighted by molar-refractivity contribution is 0.102. The Morgan fingerprint density at radius 1 is 1.15 bits per heavy atom. The lowest BCUT2D eigenvalue weighted by Gasteiger charge is -2.09. The van der Waals surface area contributed by atoms with Gasteiger partial charge in [0.15, 0.2) is 0 Å². The summed E-state index contributed by atoms with van der Waals surface area (Å²) in [7, 11) is 0. The first kappa shape index (κ1) is 16.1. The number of aromatic amines is 1. The number of nitrogens with two attached hydrogens (primary N) is 1. The van der Waals surface area contributed by atoms with Gasteiger partial charge in [0.2, 0.25) is 0 Å². The van der Waals surface area contributed by atoms with Crippen molar-refractivity contribution in [2.45, 2.75) is 12.8 Å². The first-order valence-corrected chi connectivity index (χ1v) is 8.31. The number of rotatable bonds is 3. The van der Waals surface area contributed by atoms with Crippen molar-refractivity contribution in [1.82, 2.24) is 10.2 Å². The van der Waals surface area contributed by atoms with Crippen molar-refractivity contribution in [3.05, 3.63) is 71.7 Å². The van der Waals surface area contributed by atoms with Gasteiger partial charge in [-0.05, 0) is 54.5 Å². The summed E-state index contributed by atoms with van der Waals surface area (Å²) < 4.78 is 13.2. The number of H-pyrrole nitrogens is 1. The van der Waals surface area contributed by atoms with Crippen LogP contribution in [0.5, 0.6) is 0 Å². The Morgan fingerprint density at radius 2 is 2.04 bits per heavy atom. The number of allylic oxidation sites excluding steroid dienone is 4. The van der Waals surface area contributed by atoms with Crippen molar-refractivity contribution in [2.75, 3.05) is 11.1 Å². The Morgan fingerprint density at radius 3 is 2.81 bits per heavy atom. The first-order chi connectivity index (χ1) is 12.6. The van der Waals surface area contributed by atoms with Crippen LogP contribution >= 0.6 is 0 Å². The number of benzene rings is 2. The summed E-state index contributed by atoms with van der Waals surface area (Å²) in [6, 6.07) is 12.4. The van der Waals surface area contributed by atoms with Gasteiger partial charge in [-0.15, -0.1) is 0 Å². The number of nitrogens with one attached hydrogen (secondary N) is 2. The summed E-state index contributed by atoms with van der Waals surface area (Å²) in [5.74, 6) is -0.357. The standard InChI is InChI=1S/C20H17FN4O/c21-14-7-4-12(5-8-14)19-17-10-13(6-9-18(17)24-25-19)20(26)23-16-3-1-2-15(22)11-16/h1-4,6-7,9-11H,5,8,22H2,(H,23,26)(H,24,25). The van der Waals surface area contributed by atoms with Gasteiger partial charge in [0, 0.05) is 28.7 Å². The Kier molecular flexibility index (Phi) is 4.01. The molecule has 4 N–H and O–H groups in total. The van der Waals surface area contributed by atoms with E-state index in [1.165, 1.54) is 6.08 Å². The fourth-order valence-electron chi connectivity index (χ4n) is 3.03. The molecule has 1 aliphatic carbocycles. The van der Waals surface area contributed by atoms with Crippen molar-refractivity contribution in [3.8, 4) is 0 Å². The van der Waals surface area contributed by atoms with Gasteiger partial charge in [-0.1, -0.05) is 12.1 Å². The Balaban J connectivity index is 1.67. The Bertz CT molecular complexity index is 1060. The number of aromatic nitrogens is 2. The molecular formula is C20H17FN4O. The Hall–Kier alpha value is -3.41. The molecule has 0 bridgehead atoms. The molecule has 1 aromatic heterocycles. The number of halogens is 1. The van der Waals surface area contributed by atoms with Crippen LogP contribution in [0.25, 0.3) is 16.5 Å².